The van der Waals surface area contributed by atoms with Crippen LogP contribution in [0.4, 0.5) is 34.1 Å². The summed E-state index contributed by atoms with van der Waals surface area (Å²) in [6, 6.07) is 27.4. The monoisotopic (exact) mass is 780 g/mol. The largest absolute Gasteiger partial charge is 0.310 e. The maximum absolute atomic E-state index is 10.4. The third-order valence-electron chi connectivity index (χ3n) is 11.7. The smallest absolute Gasteiger partial charge is 0.0653 e. The molecule has 0 spiro atoms. The van der Waals surface area contributed by atoms with Gasteiger partial charge in [-0.25, -0.2) is 0 Å². The van der Waals surface area contributed by atoms with Gasteiger partial charge >= 0.3 is 0 Å². The molecule has 0 N–H and O–H groups in total. The third-order valence-corrected chi connectivity index (χ3v) is 11.7. The van der Waals surface area contributed by atoms with Crippen LogP contribution in [0.15, 0.2) is 194 Å². The lowest BCUT2D eigenvalue weighted by Gasteiger charge is -2.26. The van der Waals surface area contributed by atoms with Gasteiger partial charge in [0, 0.05) is 65.8 Å². The number of hydrogen-bond donors (Lipinski definition) is 0. The normalized spacial score (nSPS) is 15.4. The van der Waals surface area contributed by atoms with Gasteiger partial charge < -0.3 is 18.6 Å². The highest BCUT2D eigenvalue weighted by atomic mass is 15.2. The number of fused-ring (bicyclic) bond motifs is 12. The van der Waals surface area contributed by atoms with E-state index in [0.717, 1.165) is 11.1 Å². The second-order valence-corrected chi connectivity index (χ2v) is 15.2. The van der Waals surface area contributed by atoms with E-state index >= 15 is 0 Å². The summed E-state index contributed by atoms with van der Waals surface area (Å²) in [5.74, 6) is 0. The van der Waals surface area contributed by atoms with Crippen molar-refractivity contribution < 1.29 is 19.2 Å². The highest BCUT2D eigenvalue weighted by Crippen LogP contribution is 2.50. The number of para-hydroxylation sites is 4. The van der Waals surface area contributed by atoms with Crippen LogP contribution in [0, 0.1) is 13.8 Å². The van der Waals surface area contributed by atoms with Crippen molar-refractivity contribution in [3.05, 3.63) is 205 Å². The van der Waals surface area contributed by atoms with Gasteiger partial charge in [0.1, 0.15) is 0 Å². The zero-order valence-electron chi connectivity index (χ0n) is 46.2. The molecule has 0 bridgehead atoms. The fraction of sp³-hybridized carbons (Fsp3) is 0.0357. The van der Waals surface area contributed by atoms with Crippen LogP contribution in [0.25, 0.3) is 76.2 Å². The summed E-state index contributed by atoms with van der Waals surface area (Å²) in [7, 11) is 0. The average molecular weight is 781 g/mol. The molecule has 0 aliphatic heterocycles. The first kappa shape index (κ1) is 22.4. The van der Waals surface area contributed by atoms with Crippen LogP contribution in [0.5, 0.6) is 0 Å². The minimum atomic E-state index is -0.521. The van der Waals surface area contributed by atoms with Crippen LogP contribution < -0.4 is 9.80 Å². The van der Waals surface area contributed by atoms with Crippen LogP contribution in [-0.2, 0) is 0 Å². The van der Waals surface area contributed by atoms with Gasteiger partial charge in [-0.15, -0.1) is 0 Å². The van der Waals surface area contributed by atoms with Gasteiger partial charge in [-0.05, 0) is 110 Å². The minimum absolute atomic E-state index is 0.00464. The third kappa shape index (κ3) is 4.50. The number of rotatable bonds is 6. The van der Waals surface area contributed by atoms with E-state index in [2.05, 4.69) is 0 Å². The second kappa shape index (κ2) is 12.3. The first-order valence-corrected chi connectivity index (χ1v) is 19.6. The standard InChI is InChI=1S/C56H38N4/c1-35-15-9-21-39(31-35)57(37-17-5-3-6-18-37)47-27-13-29-49-53(47)43-25-11-23-41-45-34-52-46(33-51(45)59(49)55(41)43)42-24-12-26-44-54-48(28-14-30-50(54)60(52)56(42)44)58(38-19-7-4-8-20-38)40-22-10-16-36(2)32-40/h3-34H,1-2H3/i11D,12D,13D,14D,23D,24D,25D,26D,27D,28D,29D,30D,33D,34D. The molecule has 0 saturated heterocycles. The number of aromatic nitrogens is 2. The van der Waals surface area contributed by atoms with Gasteiger partial charge in [-0.3, -0.25) is 0 Å². The van der Waals surface area contributed by atoms with Gasteiger partial charge in [0.05, 0.1) is 63.7 Å². The molecule has 0 atom stereocenters. The van der Waals surface area contributed by atoms with Crippen molar-refractivity contribution in [2.75, 3.05) is 9.80 Å². The Balaban J connectivity index is 1.27. The van der Waals surface area contributed by atoms with E-state index in [1.807, 2.05) is 123 Å². The predicted octanol–water partition coefficient (Wildman–Crippen LogP) is 15.5. The highest BCUT2D eigenvalue weighted by molar-refractivity contribution is 6.31. The summed E-state index contributed by atoms with van der Waals surface area (Å²) >= 11 is 0. The van der Waals surface area contributed by atoms with E-state index in [0.29, 0.717) is 22.7 Å². The molecule has 0 aliphatic rings. The molecule has 0 aliphatic carbocycles. The van der Waals surface area contributed by atoms with Crippen molar-refractivity contribution in [2.45, 2.75) is 13.8 Å². The van der Waals surface area contributed by atoms with Crippen LogP contribution in [0.1, 0.15) is 30.3 Å². The summed E-state index contributed by atoms with van der Waals surface area (Å²) in [5.41, 5.74) is 4.55. The molecular weight excluding hydrogens is 729 g/mol. The van der Waals surface area contributed by atoms with Crippen molar-refractivity contribution >= 4 is 110 Å². The summed E-state index contributed by atoms with van der Waals surface area (Å²) in [6.07, 6.45) is 0. The Labute approximate surface area is 366 Å². The van der Waals surface area contributed by atoms with Crippen molar-refractivity contribution in [2.24, 2.45) is 0 Å². The van der Waals surface area contributed by atoms with Crippen LogP contribution in [0.2, 0.25) is 0 Å². The first-order chi connectivity index (χ1) is 35.5. The molecule has 13 rings (SSSR count). The Morgan fingerprint density at radius 3 is 1.22 bits per heavy atom. The minimum Gasteiger partial charge on any atom is -0.310 e. The Kier molecular flexibility index (Phi) is 4.60. The van der Waals surface area contributed by atoms with Gasteiger partial charge in [0.2, 0.25) is 0 Å². The maximum atomic E-state index is 10.4. The first-order valence-electron chi connectivity index (χ1n) is 26.6. The molecule has 0 radical (unpaired) electrons. The lowest BCUT2D eigenvalue weighted by molar-refractivity contribution is 1.28. The van der Waals surface area contributed by atoms with Gasteiger partial charge in [0.15, 0.2) is 0 Å². The van der Waals surface area contributed by atoms with E-state index in [-0.39, 0.29) is 112 Å². The quantitative estimate of drug-likeness (QED) is 0.167. The molecule has 282 valence electrons. The topological polar surface area (TPSA) is 15.3 Å². The van der Waals surface area contributed by atoms with Crippen molar-refractivity contribution in [1.82, 2.24) is 8.80 Å². The lowest BCUT2D eigenvalue weighted by atomic mass is 10.0. The summed E-state index contributed by atoms with van der Waals surface area (Å²) < 4.78 is 138. The Morgan fingerprint density at radius 2 is 0.783 bits per heavy atom. The zero-order chi connectivity index (χ0) is 51.8. The van der Waals surface area contributed by atoms with Crippen LogP contribution in [-0.4, -0.2) is 8.80 Å². The molecule has 0 fully saturated rings. The summed E-state index contributed by atoms with van der Waals surface area (Å²) in [6.45, 7) is 3.83. The molecule has 60 heavy (non-hydrogen) atoms. The predicted molar refractivity (Wildman–Crippen MR) is 255 cm³/mol. The summed E-state index contributed by atoms with van der Waals surface area (Å²) in [5, 5.41) is 0.368. The molecule has 0 saturated carbocycles. The van der Waals surface area contributed by atoms with Crippen LogP contribution >= 0.6 is 0 Å². The van der Waals surface area contributed by atoms with Crippen molar-refractivity contribution in [3.63, 3.8) is 0 Å². The van der Waals surface area contributed by atoms with Crippen LogP contribution in [0.3, 0.4) is 0 Å². The van der Waals surface area contributed by atoms with Gasteiger partial charge in [-0.1, -0.05) is 109 Å². The fourth-order valence-corrected chi connectivity index (χ4v) is 9.24. The molecule has 13 aromatic rings. The van der Waals surface area contributed by atoms with Gasteiger partial charge in [-0.2, -0.15) is 0 Å². The molecular formula is C56H38N4. The maximum Gasteiger partial charge on any atom is 0.0653 e. The Bertz CT molecular complexity index is 4340. The fourth-order valence-electron chi connectivity index (χ4n) is 9.24. The van der Waals surface area contributed by atoms with E-state index in [1.165, 1.54) is 8.80 Å². The number of aryl methyl sites for hydroxylation is 2. The molecule has 4 heterocycles. The van der Waals surface area contributed by atoms with Crippen molar-refractivity contribution in [3.8, 4) is 0 Å². The molecule has 4 heteroatoms. The number of benzene rings is 9. The molecule has 4 aromatic heterocycles. The van der Waals surface area contributed by atoms with E-state index < -0.39 is 60.4 Å². The Morgan fingerprint density at radius 1 is 0.383 bits per heavy atom. The van der Waals surface area contributed by atoms with Gasteiger partial charge in [0.25, 0.3) is 0 Å². The van der Waals surface area contributed by atoms with Crippen molar-refractivity contribution in [1.29, 1.82) is 0 Å². The number of nitrogens with zero attached hydrogens (tertiary/aromatic N) is 4. The SMILES string of the molecule is [2H]c1c([2H])c([2H])c2c(c1N(c1ccccc1)c1cccc(C)c1)c1c([2H])c([2H])c([2H])c3c4c([2H])c5c(c([2H])c4n2c13)c1c([2H])c([2H])c([2H])c2c3c(N(c4ccccc4)c4cccc(C)c4)c([2H])c([2H])c([2H])c3n5c21. The van der Waals surface area contributed by atoms with E-state index in [1.54, 1.807) is 9.80 Å². The van der Waals surface area contributed by atoms with E-state index in [9.17, 15) is 19.2 Å². The molecule has 4 nitrogen and oxygen atoms in total. The highest BCUT2D eigenvalue weighted by Gasteiger charge is 2.26. The number of hydrogen-bond acceptors (Lipinski definition) is 2. The lowest BCUT2D eigenvalue weighted by Crippen LogP contribution is -2.10. The zero-order valence-corrected chi connectivity index (χ0v) is 32.2. The molecule has 9 aromatic carbocycles. The van der Waals surface area contributed by atoms with E-state index in [4.69, 9.17) is 0 Å². The average Bonchev–Trinajstić information content (AvgIpc) is 4.21. The molecule has 0 amide bonds. The second-order valence-electron chi connectivity index (χ2n) is 15.2. The number of anilines is 6. The molecule has 0 unspecified atom stereocenters. The summed E-state index contributed by atoms with van der Waals surface area (Å²) in [4.78, 5) is 3.54. The Hall–Kier alpha value is -7.82.